The summed E-state index contributed by atoms with van der Waals surface area (Å²) in [5.41, 5.74) is 1.26. The van der Waals surface area contributed by atoms with Gasteiger partial charge in [-0.3, -0.25) is 0 Å². The van der Waals surface area contributed by atoms with Gasteiger partial charge in [0.1, 0.15) is 10.8 Å². The molecule has 16 heavy (non-hydrogen) atoms. The fourth-order valence-electron chi connectivity index (χ4n) is 1.85. The Bertz CT molecular complexity index is 486. The molecule has 1 aromatic heterocycles. The van der Waals surface area contributed by atoms with E-state index in [-0.39, 0.29) is 6.10 Å². The van der Waals surface area contributed by atoms with Crippen molar-refractivity contribution in [1.82, 2.24) is 4.98 Å². The van der Waals surface area contributed by atoms with Crippen LogP contribution in [0.4, 0.5) is 0 Å². The van der Waals surface area contributed by atoms with Crippen LogP contribution >= 0.6 is 22.9 Å². The molecule has 82 valence electrons. The summed E-state index contributed by atoms with van der Waals surface area (Å²) in [7, 11) is 0. The molecule has 3 rings (SSSR count). The number of hydrogen-bond acceptors (Lipinski definition) is 3. The third kappa shape index (κ3) is 1.70. The second-order valence-corrected chi connectivity index (χ2v) is 5.13. The fraction of sp³-hybridized carbons (Fsp3) is 0.250. The topological polar surface area (TPSA) is 22.1 Å². The Labute approximate surface area is 103 Å². The van der Waals surface area contributed by atoms with Crippen molar-refractivity contribution in [3.63, 3.8) is 0 Å². The Morgan fingerprint density at radius 3 is 3.06 bits per heavy atom. The molecular formula is C12H10ClNOS. The number of nitrogens with zero attached hydrogens (tertiary/aromatic N) is 1. The van der Waals surface area contributed by atoms with Crippen molar-refractivity contribution in [3.05, 3.63) is 45.9 Å². The van der Waals surface area contributed by atoms with Gasteiger partial charge in [0.25, 0.3) is 0 Å². The minimum absolute atomic E-state index is 0.0689. The van der Waals surface area contributed by atoms with Crippen molar-refractivity contribution in [2.45, 2.75) is 18.4 Å². The Kier molecular flexibility index (Phi) is 2.58. The second-order valence-electron chi connectivity index (χ2n) is 3.72. The van der Waals surface area contributed by atoms with Gasteiger partial charge in [0, 0.05) is 17.5 Å². The molecule has 0 amide bonds. The van der Waals surface area contributed by atoms with Crippen molar-refractivity contribution in [2.24, 2.45) is 0 Å². The molecule has 2 aromatic rings. The lowest BCUT2D eigenvalue weighted by molar-refractivity contribution is 0.238. The number of rotatable bonds is 2. The zero-order chi connectivity index (χ0) is 11.0. The van der Waals surface area contributed by atoms with E-state index in [4.69, 9.17) is 16.3 Å². The molecule has 4 heteroatoms. The lowest BCUT2D eigenvalue weighted by Crippen LogP contribution is -2.01. The van der Waals surface area contributed by atoms with Crippen molar-refractivity contribution >= 4 is 22.9 Å². The van der Waals surface area contributed by atoms with E-state index in [1.807, 2.05) is 24.4 Å². The predicted molar refractivity (Wildman–Crippen MR) is 65.2 cm³/mol. The van der Waals surface area contributed by atoms with E-state index in [1.165, 1.54) is 5.56 Å². The van der Waals surface area contributed by atoms with Gasteiger partial charge in [-0.15, -0.1) is 22.9 Å². The maximum atomic E-state index is 5.86. The molecule has 0 radical (unpaired) electrons. The first-order valence-electron chi connectivity index (χ1n) is 5.12. The quantitative estimate of drug-likeness (QED) is 0.762. The lowest BCUT2D eigenvalue weighted by Gasteiger charge is -2.05. The molecule has 0 bridgehead atoms. The highest BCUT2D eigenvalue weighted by Crippen LogP contribution is 2.37. The maximum absolute atomic E-state index is 5.86. The van der Waals surface area contributed by atoms with Gasteiger partial charge in [-0.2, -0.15) is 0 Å². The molecule has 1 aliphatic rings. The Hall–Kier alpha value is -1.06. The first-order chi connectivity index (χ1) is 7.86. The molecule has 1 atom stereocenters. The van der Waals surface area contributed by atoms with Crippen LogP contribution in [0.3, 0.4) is 0 Å². The highest BCUT2D eigenvalue weighted by atomic mass is 35.5. The molecular weight excluding hydrogens is 242 g/mol. The van der Waals surface area contributed by atoms with E-state index in [1.54, 1.807) is 11.3 Å². The molecule has 0 N–H and O–H groups in total. The van der Waals surface area contributed by atoms with E-state index in [2.05, 4.69) is 11.1 Å². The fourth-order valence-corrected chi connectivity index (χ4v) is 2.88. The molecule has 0 aliphatic carbocycles. The highest BCUT2D eigenvalue weighted by molar-refractivity contribution is 7.11. The molecule has 0 fully saturated rings. The number of alkyl halides is 1. The Morgan fingerprint density at radius 1 is 1.44 bits per heavy atom. The summed E-state index contributed by atoms with van der Waals surface area (Å²) < 4.78 is 5.86. The number of para-hydroxylation sites is 1. The maximum Gasteiger partial charge on any atom is 0.154 e. The first-order valence-corrected chi connectivity index (χ1v) is 6.47. The summed E-state index contributed by atoms with van der Waals surface area (Å²) in [4.78, 5) is 5.45. The average molecular weight is 252 g/mol. The van der Waals surface area contributed by atoms with Crippen LogP contribution in [0.2, 0.25) is 0 Å². The Balaban J connectivity index is 1.85. The largest absolute Gasteiger partial charge is 0.483 e. The van der Waals surface area contributed by atoms with Crippen LogP contribution < -0.4 is 4.74 Å². The number of benzene rings is 1. The SMILES string of the molecule is ClCc1cnc(C2Cc3ccccc3O2)s1. The molecule has 2 nitrogen and oxygen atoms in total. The molecule has 0 spiro atoms. The molecule has 2 heterocycles. The van der Waals surface area contributed by atoms with Crippen LogP contribution in [-0.2, 0) is 12.3 Å². The van der Waals surface area contributed by atoms with E-state index in [0.717, 1.165) is 22.1 Å². The van der Waals surface area contributed by atoms with Gasteiger partial charge in [-0.1, -0.05) is 18.2 Å². The van der Waals surface area contributed by atoms with Gasteiger partial charge in [0.15, 0.2) is 6.10 Å². The predicted octanol–water partition coefficient (Wildman–Crippen LogP) is 3.56. The summed E-state index contributed by atoms with van der Waals surface area (Å²) in [6, 6.07) is 8.14. The number of fused-ring (bicyclic) bond motifs is 1. The summed E-state index contributed by atoms with van der Waals surface area (Å²) in [5, 5.41) is 1.02. The lowest BCUT2D eigenvalue weighted by atomic mass is 10.1. The van der Waals surface area contributed by atoms with Crippen molar-refractivity contribution in [2.75, 3.05) is 0 Å². The number of ether oxygens (including phenoxy) is 1. The van der Waals surface area contributed by atoms with Crippen LogP contribution in [0.15, 0.2) is 30.5 Å². The summed E-state index contributed by atoms with van der Waals surface area (Å²) in [6.07, 6.45) is 2.81. The zero-order valence-corrected chi connectivity index (χ0v) is 10.1. The monoisotopic (exact) mass is 251 g/mol. The smallest absolute Gasteiger partial charge is 0.154 e. The Morgan fingerprint density at radius 2 is 2.31 bits per heavy atom. The molecule has 0 saturated heterocycles. The molecule has 1 unspecified atom stereocenters. The van der Waals surface area contributed by atoms with E-state index >= 15 is 0 Å². The number of hydrogen-bond donors (Lipinski definition) is 0. The molecule has 1 aromatic carbocycles. The second kappa shape index (κ2) is 4.07. The van der Waals surface area contributed by atoms with E-state index in [9.17, 15) is 0 Å². The van der Waals surface area contributed by atoms with Gasteiger partial charge in [0.05, 0.1) is 5.88 Å². The standard InChI is InChI=1S/C12H10ClNOS/c13-6-9-7-14-12(16-9)11-5-8-3-1-2-4-10(8)15-11/h1-4,7,11H,5-6H2. The van der Waals surface area contributed by atoms with Crippen LogP contribution in [0.1, 0.15) is 21.6 Å². The molecule has 1 aliphatic heterocycles. The van der Waals surface area contributed by atoms with Crippen LogP contribution in [0.5, 0.6) is 5.75 Å². The highest BCUT2D eigenvalue weighted by Gasteiger charge is 2.26. The number of aromatic nitrogens is 1. The molecule has 0 saturated carbocycles. The summed E-state index contributed by atoms with van der Waals surface area (Å²) >= 11 is 7.40. The van der Waals surface area contributed by atoms with E-state index in [0.29, 0.717) is 5.88 Å². The van der Waals surface area contributed by atoms with Gasteiger partial charge in [-0.05, 0) is 11.6 Å². The van der Waals surface area contributed by atoms with Crippen molar-refractivity contribution in [1.29, 1.82) is 0 Å². The first kappa shape index (κ1) is 10.1. The summed E-state index contributed by atoms with van der Waals surface area (Å²) in [5.74, 6) is 1.51. The van der Waals surface area contributed by atoms with Crippen LogP contribution in [0.25, 0.3) is 0 Å². The van der Waals surface area contributed by atoms with Crippen molar-refractivity contribution < 1.29 is 4.74 Å². The average Bonchev–Trinajstić information content (AvgIpc) is 2.95. The number of halogens is 1. The van der Waals surface area contributed by atoms with Gasteiger partial charge < -0.3 is 4.74 Å². The zero-order valence-electron chi connectivity index (χ0n) is 8.52. The normalized spacial score (nSPS) is 18.2. The van der Waals surface area contributed by atoms with Gasteiger partial charge in [0.2, 0.25) is 0 Å². The van der Waals surface area contributed by atoms with E-state index < -0.39 is 0 Å². The summed E-state index contributed by atoms with van der Waals surface area (Å²) in [6.45, 7) is 0. The van der Waals surface area contributed by atoms with Gasteiger partial charge >= 0.3 is 0 Å². The number of thiazole rings is 1. The minimum atomic E-state index is 0.0689. The van der Waals surface area contributed by atoms with Crippen LogP contribution in [-0.4, -0.2) is 4.98 Å². The van der Waals surface area contributed by atoms with Crippen molar-refractivity contribution in [3.8, 4) is 5.75 Å². The third-order valence-electron chi connectivity index (χ3n) is 2.63. The third-order valence-corrected chi connectivity index (χ3v) is 4.16. The minimum Gasteiger partial charge on any atom is -0.483 e. The van der Waals surface area contributed by atoms with Gasteiger partial charge in [-0.25, -0.2) is 4.98 Å². The van der Waals surface area contributed by atoms with Crippen LogP contribution in [0, 0.1) is 0 Å².